The summed E-state index contributed by atoms with van der Waals surface area (Å²) in [6.45, 7) is 0. The number of H-pyrrole nitrogens is 1. The van der Waals surface area contributed by atoms with Gasteiger partial charge in [0.15, 0.2) is 23.0 Å². The number of aromatic amines is 1. The smallest absolute Gasteiger partial charge is 0.205 e. The van der Waals surface area contributed by atoms with Crippen molar-refractivity contribution in [2.24, 2.45) is 0 Å². The normalized spacial score (nSPS) is 10.8. The first-order valence-corrected chi connectivity index (χ1v) is 7.58. The minimum atomic E-state index is 0.516. The third kappa shape index (κ3) is 2.34. The number of methoxy groups -OCH3 is 6. The zero-order chi connectivity index (χ0) is 18.1. The number of hydrogen-bond donors (Lipinski definition) is 1. The van der Waals surface area contributed by atoms with E-state index in [-0.39, 0.29) is 0 Å². The van der Waals surface area contributed by atoms with Crippen molar-refractivity contribution in [1.29, 1.82) is 0 Å². The van der Waals surface area contributed by atoms with Gasteiger partial charge in [0.2, 0.25) is 11.5 Å². The Hall–Kier alpha value is -2.96. The summed E-state index contributed by atoms with van der Waals surface area (Å²) in [5.41, 5.74) is 1.59. The Labute approximate surface area is 145 Å². The number of rotatable bonds is 6. The van der Waals surface area contributed by atoms with Crippen LogP contribution in [0.3, 0.4) is 0 Å². The van der Waals surface area contributed by atoms with Gasteiger partial charge in [-0.15, -0.1) is 0 Å². The summed E-state index contributed by atoms with van der Waals surface area (Å²) in [7, 11) is 9.48. The highest BCUT2D eigenvalue weighted by Crippen LogP contribution is 2.50. The number of aromatic nitrogens is 1. The summed E-state index contributed by atoms with van der Waals surface area (Å²) in [5.74, 6) is 3.28. The van der Waals surface area contributed by atoms with E-state index in [1.165, 1.54) is 0 Å². The molecule has 1 aromatic heterocycles. The zero-order valence-corrected chi connectivity index (χ0v) is 15.1. The molecule has 0 aliphatic carbocycles. The molecule has 0 aliphatic heterocycles. The maximum Gasteiger partial charge on any atom is 0.205 e. The molecule has 0 saturated carbocycles. The Morgan fingerprint density at radius 3 is 1.64 bits per heavy atom. The van der Waals surface area contributed by atoms with Gasteiger partial charge in [-0.05, 0) is 6.07 Å². The van der Waals surface area contributed by atoms with E-state index in [1.54, 1.807) is 42.7 Å². The summed E-state index contributed by atoms with van der Waals surface area (Å²) in [6.07, 6.45) is 0. The fourth-order valence-electron chi connectivity index (χ4n) is 3.13. The lowest BCUT2D eigenvalue weighted by molar-refractivity contribution is 0.326. The lowest BCUT2D eigenvalue weighted by Crippen LogP contribution is -1.96. The molecular weight excluding hydrogens is 326 g/mol. The van der Waals surface area contributed by atoms with Crippen LogP contribution in [0.25, 0.3) is 21.8 Å². The van der Waals surface area contributed by atoms with Gasteiger partial charge in [0.1, 0.15) is 0 Å². The van der Waals surface area contributed by atoms with Crippen LogP contribution in [-0.2, 0) is 0 Å². The second-order valence-corrected chi connectivity index (χ2v) is 5.26. The van der Waals surface area contributed by atoms with Gasteiger partial charge in [0.25, 0.3) is 0 Å². The topological polar surface area (TPSA) is 71.2 Å². The highest BCUT2D eigenvalue weighted by molar-refractivity contribution is 6.15. The zero-order valence-electron chi connectivity index (χ0n) is 15.1. The van der Waals surface area contributed by atoms with E-state index in [0.717, 1.165) is 21.8 Å². The Balaban J connectivity index is 2.54. The van der Waals surface area contributed by atoms with Crippen LogP contribution in [0.15, 0.2) is 12.1 Å². The molecule has 0 spiro atoms. The summed E-state index contributed by atoms with van der Waals surface area (Å²) in [6, 6.07) is 3.74. The summed E-state index contributed by atoms with van der Waals surface area (Å²) in [4.78, 5) is 3.35. The van der Waals surface area contributed by atoms with Gasteiger partial charge >= 0.3 is 0 Å². The first kappa shape index (κ1) is 16.9. The van der Waals surface area contributed by atoms with E-state index in [2.05, 4.69) is 4.98 Å². The van der Waals surface area contributed by atoms with Crippen LogP contribution in [0.1, 0.15) is 0 Å². The predicted octanol–water partition coefficient (Wildman–Crippen LogP) is 3.37. The molecule has 0 bridgehead atoms. The molecule has 7 nitrogen and oxygen atoms in total. The molecule has 25 heavy (non-hydrogen) atoms. The average molecular weight is 347 g/mol. The maximum absolute atomic E-state index is 5.62. The van der Waals surface area contributed by atoms with Gasteiger partial charge in [-0.25, -0.2) is 0 Å². The molecule has 0 unspecified atom stereocenters. The van der Waals surface area contributed by atoms with Crippen LogP contribution < -0.4 is 28.4 Å². The molecule has 0 fully saturated rings. The van der Waals surface area contributed by atoms with Crippen molar-refractivity contribution in [2.45, 2.75) is 0 Å². The van der Waals surface area contributed by atoms with E-state index in [9.17, 15) is 0 Å². The largest absolute Gasteiger partial charge is 0.493 e. The number of ether oxygens (including phenoxy) is 6. The maximum atomic E-state index is 5.62. The number of nitrogens with one attached hydrogen (secondary N) is 1. The van der Waals surface area contributed by atoms with Crippen molar-refractivity contribution in [3.63, 3.8) is 0 Å². The molecule has 1 heterocycles. The quantitative estimate of drug-likeness (QED) is 0.737. The van der Waals surface area contributed by atoms with Crippen LogP contribution in [0.4, 0.5) is 0 Å². The molecule has 134 valence electrons. The summed E-state index contributed by atoms with van der Waals surface area (Å²) < 4.78 is 33.0. The van der Waals surface area contributed by atoms with Gasteiger partial charge in [-0.1, -0.05) is 0 Å². The summed E-state index contributed by atoms with van der Waals surface area (Å²) >= 11 is 0. The minimum Gasteiger partial charge on any atom is -0.493 e. The standard InChI is InChI=1S/C18H21NO6/c1-20-11-7-9-13-10(19-14(9)18(25-6)16(11)23-4)8-12(21-2)15(22-3)17(13)24-5/h7-8,19H,1-6H3. The third-order valence-electron chi connectivity index (χ3n) is 4.19. The Morgan fingerprint density at radius 2 is 1.12 bits per heavy atom. The van der Waals surface area contributed by atoms with Crippen LogP contribution in [-0.4, -0.2) is 47.6 Å². The van der Waals surface area contributed by atoms with Crippen molar-refractivity contribution in [3.8, 4) is 34.5 Å². The number of fused-ring (bicyclic) bond motifs is 3. The number of benzene rings is 2. The van der Waals surface area contributed by atoms with Crippen LogP contribution in [0.2, 0.25) is 0 Å². The van der Waals surface area contributed by atoms with E-state index >= 15 is 0 Å². The second kappa shape index (κ2) is 6.51. The van der Waals surface area contributed by atoms with E-state index < -0.39 is 0 Å². The molecule has 0 atom stereocenters. The average Bonchev–Trinajstić information content (AvgIpc) is 3.02. The van der Waals surface area contributed by atoms with Crippen LogP contribution in [0.5, 0.6) is 34.5 Å². The molecule has 3 aromatic rings. The highest BCUT2D eigenvalue weighted by Gasteiger charge is 2.24. The predicted molar refractivity (Wildman–Crippen MR) is 95.1 cm³/mol. The van der Waals surface area contributed by atoms with Gasteiger partial charge in [-0.2, -0.15) is 0 Å². The van der Waals surface area contributed by atoms with Gasteiger partial charge < -0.3 is 33.4 Å². The van der Waals surface area contributed by atoms with Crippen LogP contribution in [0, 0.1) is 0 Å². The molecule has 3 rings (SSSR count). The highest BCUT2D eigenvalue weighted by atomic mass is 16.5. The Morgan fingerprint density at radius 1 is 0.600 bits per heavy atom. The summed E-state index contributed by atoms with van der Waals surface area (Å²) in [5, 5.41) is 1.71. The molecule has 0 aliphatic rings. The van der Waals surface area contributed by atoms with Crippen molar-refractivity contribution in [3.05, 3.63) is 12.1 Å². The SMILES string of the molecule is COc1cc2c([nH]c3cc(OC)c(OC)c(OC)c32)c(OC)c1OC. The monoisotopic (exact) mass is 347 g/mol. The minimum absolute atomic E-state index is 0.516. The van der Waals surface area contributed by atoms with Crippen molar-refractivity contribution < 1.29 is 28.4 Å². The van der Waals surface area contributed by atoms with Gasteiger partial charge in [0, 0.05) is 11.5 Å². The molecule has 0 radical (unpaired) electrons. The van der Waals surface area contributed by atoms with E-state index in [0.29, 0.717) is 34.5 Å². The van der Waals surface area contributed by atoms with Crippen molar-refractivity contribution in [2.75, 3.05) is 42.7 Å². The van der Waals surface area contributed by atoms with E-state index in [1.807, 2.05) is 12.1 Å². The van der Waals surface area contributed by atoms with Gasteiger partial charge in [0.05, 0.1) is 59.1 Å². The molecular formula is C18H21NO6. The fourth-order valence-corrected chi connectivity index (χ4v) is 3.13. The van der Waals surface area contributed by atoms with Crippen molar-refractivity contribution in [1.82, 2.24) is 4.98 Å². The van der Waals surface area contributed by atoms with Gasteiger partial charge in [-0.3, -0.25) is 0 Å². The number of hydrogen-bond acceptors (Lipinski definition) is 6. The Kier molecular flexibility index (Phi) is 4.39. The molecule has 2 aromatic carbocycles. The third-order valence-corrected chi connectivity index (χ3v) is 4.19. The molecule has 0 amide bonds. The van der Waals surface area contributed by atoms with Crippen molar-refractivity contribution >= 4 is 21.8 Å². The lowest BCUT2D eigenvalue weighted by Gasteiger charge is -2.14. The molecule has 0 saturated heterocycles. The first-order chi connectivity index (χ1) is 12.1. The Bertz CT molecular complexity index is 931. The van der Waals surface area contributed by atoms with Crippen LogP contribution >= 0.6 is 0 Å². The van der Waals surface area contributed by atoms with E-state index in [4.69, 9.17) is 28.4 Å². The molecule has 1 N–H and O–H groups in total. The molecule has 7 heteroatoms. The lowest BCUT2D eigenvalue weighted by atomic mass is 10.1. The first-order valence-electron chi connectivity index (χ1n) is 7.58. The second-order valence-electron chi connectivity index (χ2n) is 5.26. The fraction of sp³-hybridized carbons (Fsp3) is 0.333.